The first-order valence-corrected chi connectivity index (χ1v) is 7.54. The van der Waals surface area contributed by atoms with Crippen molar-refractivity contribution in [3.05, 3.63) is 35.4 Å². The summed E-state index contributed by atoms with van der Waals surface area (Å²) in [6.45, 7) is 5.13. The second-order valence-corrected chi connectivity index (χ2v) is 5.72. The number of nitrogens with one attached hydrogen (secondary N) is 1. The van der Waals surface area contributed by atoms with Gasteiger partial charge in [-0.25, -0.2) is 8.78 Å². The Hall–Kier alpha value is -1.04. The van der Waals surface area contributed by atoms with Crippen LogP contribution in [0.3, 0.4) is 0 Å². The number of methoxy groups -OCH3 is 1. The van der Waals surface area contributed by atoms with Gasteiger partial charge in [-0.3, -0.25) is 4.90 Å². The molecule has 1 atom stereocenters. The van der Waals surface area contributed by atoms with Gasteiger partial charge in [-0.2, -0.15) is 0 Å². The summed E-state index contributed by atoms with van der Waals surface area (Å²) < 4.78 is 31.4. The molecule has 1 aliphatic rings. The van der Waals surface area contributed by atoms with E-state index in [9.17, 15) is 8.78 Å². The zero-order valence-electron chi connectivity index (χ0n) is 12.6. The number of piperidine rings is 1. The van der Waals surface area contributed by atoms with Crippen molar-refractivity contribution in [3.63, 3.8) is 0 Å². The molecule has 1 aliphatic heterocycles. The van der Waals surface area contributed by atoms with Gasteiger partial charge in [0.25, 0.3) is 0 Å². The van der Waals surface area contributed by atoms with Gasteiger partial charge in [0.15, 0.2) is 0 Å². The number of ether oxygens (including phenoxy) is 1. The predicted octanol–water partition coefficient (Wildman–Crippen LogP) is 2.41. The average Bonchev–Trinajstić information content (AvgIpc) is 2.43. The van der Waals surface area contributed by atoms with Gasteiger partial charge in [0.05, 0.1) is 6.61 Å². The van der Waals surface area contributed by atoms with Gasteiger partial charge in [-0.1, -0.05) is 0 Å². The zero-order valence-corrected chi connectivity index (χ0v) is 12.6. The van der Waals surface area contributed by atoms with Crippen LogP contribution < -0.4 is 5.32 Å². The Labute approximate surface area is 125 Å². The van der Waals surface area contributed by atoms with Crippen molar-refractivity contribution < 1.29 is 13.5 Å². The molecule has 118 valence electrons. The molecule has 0 bridgehead atoms. The van der Waals surface area contributed by atoms with Gasteiger partial charge in [0, 0.05) is 32.8 Å². The summed E-state index contributed by atoms with van der Waals surface area (Å²) in [6.07, 6.45) is 2.34. The summed E-state index contributed by atoms with van der Waals surface area (Å²) in [5, 5.41) is 3.39. The molecule has 3 nitrogen and oxygen atoms in total. The maximum Gasteiger partial charge on any atom is 0.126 e. The summed E-state index contributed by atoms with van der Waals surface area (Å²) in [4.78, 5) is 2.28. The fourth-order valence-electron chi connectivity index (χ4n) is 2.90. The molecule has 1 N–H and O–H groups in total. The minimum atomic E-state index is -0.500. The van der Waals surface area contributed by atoms with Crippen LogP contribution in [-0.4, -0.2) is 44.8 Å². The van der Waals surface area contributed by atoms with Gasteiger partial charge < -0.3 is 10.1 Å². The van der Waals surface area contributed by atoms with E-state index in [2.05, 4.69) is 10.2 Å². The minimum absolute atomic E-state index is 0.500. The summed E-state index contributed by atoms with van der Waals surface area (Å²) in [6, 6.07) is 3.76. The first-order chi connectivity index (χ1) is 10.2. The molecular formula is C16H24F2N2O. The first kappa shape index (κ1) is 16.3. The fraction of sp³-hybridized carbons (Fsp3) is 0.625. The lowest BCUT2D eigenvalue weighted by Crippen LogP contribution is -2.39. The standard InChI is InChI=1S/C16H24F2N2O/c1-21-6-4-19-10-13-3-2-5-20(11-13)12-14-7-15(17)9-16(18)8-14/h7-9,13,19H,2-6,10-12H2,1H3. The van der Waals surface area contributed by atoms with E-state index in [-0.39, 0.29) is 0 Å². The Morgan fingerprint density at radius 3 is 2.76 bits per heavy atom. The minimum Gasteiger partial charge on any atom is -0.383 e. The Kier molecular flexibility index (Phi) is 6.54. The third-order valence-corrected chi connectivity index (χ3v) is 3.85. The molecule has 1 heterocycles. The van der Waals surface area contributed by atoms with Crippen molar-refractivity contribution in [3.8, 4) is 0 Å². The molecule has 1 fully saturated rings. The highest BCUT2D eigenvalue weighted by molar-refractivity contribution is 5.17. The van der Waals surface area contributed by atoms with Gasteiger partial charge in [0.2, 0.25) is 0 Å². The Morgan fingerprint density at radius 1 is 1.29 bits per heavy atom. The molecule has 0 spiro atoms. The number of hydrogen-bond acceptors (Lipinski definition) is 3. The quantitative estimate of drug-likeness (QED) is 0.782. The summed E-state index contributed by atoms with van der Waals surface area (Å²) in [5.74, 6) is -0.409. The summed E-state index contributed by atoms with van der Waals surface area (Å²) >= 11 is 0. The second kappa shape index (κ2) is 8.41. The topological polar surface area (TPSA) is 24.5 Å². The van der Waals surface area contributed by atoms with Crippen molar-refractivity contribution in [2.75, 3.05) is 39.9 Å². The smallest absolute Gasteiger partial charge is 0.126 e. The van der Waals surface area contributed by atoms with E-state index in [0.717, 1.165) is 45.3 Å². The predicted molar refractivity (Wildman–Crippen MR) is 79.1 cm³/mol. The van der Waals surface area contributed by atoms with E-state index in [1.165, 1.54) is 18.6 Å². The van der Waals surface area contributed by atoms with Gasteiger partial charge in [0.1, 0.15) is 11.6 Å². The fourth-order valence-corrected chi connectivity index (χ4v) is 2.90. The van der Waals surface area contributed by atoms with Crippen LogP contribution in [0.5, 0.6) is 0 Å². The molecule has 1 unspecified atom stereocenters. The highest BCUT2D eigenvalue weighted by atomic mass is 19.1. The monoisotopic (exact) mass is 298 g/mol. The van der Waals surface area contributed by atoms with E-state index >= 15 is 0 Å². The highest BCUT2D eigenvalue weighted by Crippen LogP contribution is 2.19. The highest BCUT2D eigenvalue weighted by Gasteiger charge is 2.19. The molecule has 21 heavy (non-hydrogen) atoms. The number of benzene rings is 1. The normalized spacial score (nSPS) is 19.9. The molecule has 0 saturated carbocycles. The van der Waals surface area contributed by atoms with Crippen LogP contribution in [0.1, 0.15) is 18.4 Å². The Morgan fingerprint density at radius 2 is 2.05 bits per heavy atom. The molecule has 0 aliphatic carbocycles. The largest absolute Gasteiger partial charge is 0.383 e. The molecule has 0 aromatic heterocycles. The van der Waals surface area contributed by atoms with Crippen molar-refractivity contribution >= 4 is 0 Å². The number of halogens is 2. The van der Waals surface area contributed by atoms with Crippen LogP contribution in [0.2, 0.25) is 0 Å². The third-order valence-electron chi connectivity index (χ3n) is 3.85. The Balaban J connectivity index is 1.80. The van der Waals surface area contributed by atoms with Crippen LogP contribution >= 0.6 is 0 Å². The van der Waals surface area contributed by atoms with E-state index in [4.69, 9.17) is 4.74 Å². The average molecular weight is 298 g/mol. The number of likely N-dealkylation sites (tertiary alicyclic amines) is 1. The lowest BCUT2D eigenvalue weighted by molar-refractivity contribution is 0.159. The second-order valence-electron chi connectivity index (χ2n) is 5.72. The molecule has 5 heteroatoms. The van der Waals surface area contributed by atoms with E-state index in [1.54, 1.807) is 7.11 Å². The maximum atomic E-state index is 13.2. The van der Waals surface area contributed by atoms with E-state index in [0.29, 0.717) is 18.0 Å². The van der Waals surface area contributed by atoms with Gasteiger partial charge in [-0.15, -0.1) is 0 Å². The lowest BCUT2D eigenvalue weighted by Gasteiger charge is -2.33. The van der Waals surface area contributed by atoms with Crippen molar-refractivity contribution in [1.29, 1.82) is 0 Å². The van der Waals surface area contributed by atoms with Crippen LogP contribution in [0.4, 0.5) is 8.78 Å². The maximum absolute atomic E-state index is 13.2. The van der Waals surface area contributed by atoms with Crippen molar-refractivity contribution in [2.24, 2.45) is 5.92 Å². The molecule has 1 aromatic carbocycles. The number of rotatable bonds is 7. The lowest BCUT2D eigenvalue weighted by atomic mass is 9.97. The van der Waals surface area contributed by atoms with Crippen LogP contribution in [0, 0.1) is 17.6 Å². The van der Waals surface area contributed by atoms with E-state index < -0.39 is 11.6 Å². The number of nitrogens with zero attached hydrogens (tertiary/aromatic N) is 1. The molecule has 2 rings (SSSR count). The number of hydrogen-bond donors (Lipinski definition) is 1. The van der Waals surface area contributed by atoms with Crippen molar-refractivity contribution in [1.82, 2.24) is 10.2 Å². The molecule has 0 radical (unpaired) electrons. The van der Waals surface area contributed by atoms with Gasteiger partial charge >= 0.3 is 0 Å². The van der Waals surface area contributed by atoms with Gasteiger partial charge in [-0.05, 0) is 49.5 Å². The molecule has 1 saturated heterocycles. The molecular weight excluding hydrogens is 274 g/mol. The van der Waals surface area contributed by atoms with Crippen LogP contribution in [0.25, 0.3) is 0 Å². The van der Waals surface area contributed by atoms with Crippen molar-refractivity contribution in [2.45, 2.75) is 19.4 Å². The van der Waals surface area contributed by atoms with E-state index in [1.807, 2.05) is 0 Å². The van der Waals surface area contributed by atoms with Crippen LogP contribution in [-0.2, 0) is 11.3 Å². The first-order valence-electron chi connectivity index (χ1n) is 7.54. The summed E-state index contributed by atoms with van der Waals surface area (Å²) in [5.41, 5.74) is 0.709. The van der Waals surface area contributed by atoms with Crippen LogP contribution in [0.15, 0.2) is 18.2 Å². The molecule has 1 aromatic rings. The Bertz CT molecular complexity index is 422. The SMILES string of the molecule is COCCNCC1CCCN(Cc2cc(F)cc(F)c2)C1. The zero-order chi connectivity index (χ0) is 15.1. The molecule has 0 amide bonds. The third kappa shape index (κ3) is 5.69. The summed E-state index contributed by atoms with van der Waals surface area (Å²) in [7, 11) is 1.70.